The van der Waals surface area contributed by atoms with Crippen molar-refractivity contribution in [2.45, 2.75) is 63.5 Å². The molecule has 2 saturated heterocycles. The van der Waals surface area contributed by atoms with Crippen molar-refractivity contribution in [3.63, 3.8) is 0 Å². The van der Waals surface area contributed by atoms with Crippen molar-refractivity contribution in [2.75, 3.05) is 57.7 Å². The molecule has 0 unspecified atom stereocenters. The molecular formula is C27H39N5O4. The first-order chi connectivity index (χ1) is 17.6. The number of anilines is 1. The topological polar surface area (TPSA) is 85.4 Å². The number of nitrogens with zero attached hydrogens (tertiary/aromatic N) is 4. The minimum Gasteiger partial charge on any atom is -0.439 e. The molecule has 5 rings (SSSR count). The molecule has 36 heavy (non-hydrogen) atoms. The van der Waals surface area contributed by atoms with Crippen LogP contribution in [0.3, 0.4) is 0 Å². The van der Waals surface area contributed by atoms with Gasteiger partial charge in [0.25, 0.3) is 5.91 Å². The third-order valence-electron chi connectivity index (χ3n) is 8.38. The summed E-state index contributed by atoms with van der Waals surface area (Å²) in [6.07, 6.45) is 8.32. The molecule has 196 valence electrons. The molecule has 0 bridgehead atoms. The standard InChI is InChI=1S/C27H39N5O4/c33-25(30-18-16-29(17-19-30)22-7-2-1-3-8-22)20-36-27(35)31-13-11-23(12-14-31)32-15-10-21-6-4-5-9-24(21)28-26(32)34/h4-6,9,22-23H,1-3,7-8,10-20H2,(H,28,34). The predicted octanol–water partition coefficient (Wildman–Crippen LogP) is 3.15. The van der Waals surface area contributed by atoms with E-state index in [1.54, 1.807) is 4.90 Å². The first-order valence-electron chi connectivity index (χ1n) is 13.7. The molecule has 4 amide bonds. The Morgan fingerprint density at radius 1 is 0.833 bits per heavy atom. The lowest BCUT2D eigenvalue weighted by molar-refractivity contribution is -0.136. The van der Waals surface area contributed by atoms with E-state index in [0.717, 1.165) is 30.8 Å². The van der Waals surface area contributed by atoms with Crippen molar-refractivity contribution >= 4 is 23.7 Å². The lowest BCUT2D eigenvalue weighted by atomic mass is 9.94. The van der Waals surface area contributed by atoms with Gasteiger partial charge >= 0.3 is 12.1 Å². The summed E-state index contributed by atoms with van der Waals surface area (Å²) in [5.41, 5.74) is 2.03. The summed E-state index contributed by atoms with van der Waals surface area (Å²) in [7, 11) is 0. The van der Waals surface area contributed by atoms with Gasteiger partial charge in [0.2, 0.25) is 0 Å². The fourth-order valence-corrected chi connectivity index (χ4v) is 6.19. The number of para-hydroxylation sites is 1. The molecule has 9 heteroatoms. The summed E-state index contributed by atoms with van der Waals surface area (Å²) in [4.78, 5) is 46.0. The van der Waals surface area contributed by atoms with Crippen molar-refractivity contribution in [2.24, 2.45) is 0 Å². The number of rotatable bonds is 4. The van der Waals surface area contributed by atoms with E-state index in [-0.39, 0.29) is 24.6 Å². The van der Waals surface area contributed by atoms with Crippen molar-refractivity contribution in [3.8, 4) is 0 Å². The van der Waals surface area contributed by atoms with Crippen LogP contribution in [0.2, 0.25) is 0 Å². The van der Waals surface area contributed by atoms with Crippen LogP contribution in [0.1, 0.15) is 50.5 Å². The number of piperidine rings is 1. The first-order valence-corrected chi connectivity index (χ1v) is 13.7. The monoisotopic (exact) mass is 497 g/mol. The Morgan fingerprint density at radius 2 is 1.56 bits per heavy atom. The number of urea groups is 1. The van der Waals surface area contributed by atoms with Crippen LogP contribution in [0.5, 0.6) is 0 Å². The summed E-state index contributed by atoms with van der Waals surface area (Å²) >= 11 is 0. The molecule has 3 aliphatic heterocycles. The zero-order valence-electron chi connectivity index (χ0n) is 21.2. The molecule has 1 saturated carbocycles. The summed E-state index contributed by atoms with van der Waals surface area (Å²) in [5.74, 6) is -0.109. The zero-order chi connectivity index (χ0) is 24.9. The predicted molar refractivity (Wildman–Crippen MR) is 137 cm³/mol. The van der Waals surface area contributed by atoms with Gasteiger partial charge in [-0.2, -0.15) is 0 Å². The van der Waals surface area contributed by atoms with E-state index in [1.165, 1.54) is 32.1 Å². The summed E-state index contributed by atoms with van der Waals surface area (Å²) in [6.45, 7) is 4.75. The molecule has 4 aliphatic rings. The Bertz CT molecular complexity index is 934. The Labute approximate surface area is 213 Å². The fourth-order valence-electron chi connectivity index (χ4n) is 6.19. The van der Waals surface area contributed by atoms with Crippen LogP contribution in [0, 0.1) is 0 Å². The van der Waals surface area contributed by atoms with Crippen molar-refractivity contribution in [1.82, 2.24) is 19.6 Å². The molecule has 1 aromatic rings. The maximum Gasteiger partial charge on any atom is 0.410 e. The number of carbonyl (C=O) groups excluding carboxylic acids is 3. The highest BCUT2D eigenvalue weighted by molar-refractivity contribution is 5.91. The number of nitrogens with one attached hydrogen (secondary N) is 1. The highest BCUT2D eigenvalue weighted by atomic mass is 16.6. The highest BCUT2D eigenvalue weighted by Gasteiger charge is 2.32. The van der Waals surface area contributed by atoms with Crippen molar-refractivity contribution < 1.29 is 19.1 Å². The van der Waals surface area contributed by atoms with E-state index >= 15 is 0 Å². The van der Waals surface area contributed by atoms with Gasteiger partial charge in [-0.15, -0.1) is 0 Å². The fraction of sp³-hybridized carbons (Fsp3) is 0.667. The number of hydrogen-bond acceptors (Lipinski definition) is 5. The second-order valence-electron chi connectivity index (χ2n) is 10.5. The van der Waals surface area contributed by atoms with Crippen molar-refractivity contribution in [1.29, 1.82) is 0 Å². The van der Waals surface area contributed by atoms with Gasteiger partial charge in [0, 0.05) is 63.6 Å². The minimum atomic E-state index is -0.435. The molecule has 3 heterocycles. The number of piperazine rings is 1. The number of benzene rings is 1. The number of hydrogen-bond donors (Lipinski definition) is 1. The molecule has 9 nitrogen and oxygen atoms in total. The zero-order valence-corrected chi connectivity index (χ0v) is 21.2. The van der Waals surface area contributed by atoms with Gasteiger partial charge in [-0.25, -0.2) is 9.59 Å². The summed E-state index contributed by atoms with van der Waals surface area (Å²) in [6, 6.07) is 8.60. The average Bonchev–Trinajstić information content (AvgIpc) is 3.10. The quantitative estimate of drug-likeness (QED) is 0.691. The Balaban J connectivity index is 1.02. The molecule has 0 atom stereocenters. The van der Waals surface area contributed by atoms with Crippen LogP contribution in [0.15, 0.2) is 24.3 Å². The van der Waals surface area contributed by atoms with Gasteiger partial charge in [0.05, 0.1) is 0 Å². The normalized spacial score (nSPS) is 22.6. The van der Waals surface area contributed by atoms with Gasteiger partial charge in [0.15, 0.2) is 6.61 Å². The Morgan fingerprint density at radius 3 is 2.31 bits per heavy atom. The molecular weight excluding hydrogens is 458 g/mol. The molecule has 1 N–H and O–H groups in total. The van der Waals surface area contributed by atoms with Crippen molar-refractivity contribution in [3.05, 3.63) is 29.8 Å². The van der Waals surface area contributed by atoms with E-state index in [0.29, 0.717) is 51.6 Å². The second kappa shape index (κ2) is 11.5. The number of amides is 4. The number of ether oxygens (including phenoxy) is 1. The van der Waals surface area contributed by atoms with E-state index < -0.39 is 6.09 Å². The van der Waals surface area contributed by atoms with Gasteiger partial charge in [-0.05, 0) is 43.7 Å². The molecule has 1 aromatic carbocycles. The molecule has 1 aliphatic carbocycles. The second-order valence-corrected chi connectivity index (χ2v) is 10.5. The summed E-state index contributed by atoms with van der Waals surface area (Å²) < 4.78 is 5.39. The van der Waals surface area contributed by atoms with E-state index in [9.17, 15) is 14.4 Å². The molecule has 0 aromatic heterocycles. The number of carbonyl (C=O) groups is 3. The largest absolute Gasteiger partial charge is 0.439 e. The maximum atomic E-state index is 12.8. The Hall–Kier alpha value is -2.81. The number of likely N-dealkylation sites (tertiary alicyclic amines) is 1. The lowest BCUT2D eigenvalue weighted by Crippen LogP contribution is -2.53. The first kappa shape index (κ1) is 24.9. The van der Waals surface area contributed by atoms with Gasteiger partial charge in [-0.3, -0.25) is 9.69 Å². The third-order valence-corrected chi connectivity index (χ3v) is 8.38. The lowest BCUT2D eigenvalue weighted by Gasteiger charge is -2.40. The van der Waals surface area contributed by atoms with Crippen LogP contribution in [-0.2, 0) is 16.0 Å². The van der Waals surface area contributed by atoms with Crippen LogP contribution < -0.4 is 5.32 Å². The minimum absolute atomic E-state index is 0.0739. The van der Waals surface area contributed by atoms with Crippen LogP contribution in [0.4, 0.5) is 15.3 Å². The maximum absolute atomic E-state index is 12.8. The summed E-state index contributed by atoms with van der Waals surface area (Å²) in [5, 5.41) is 3.03. The average molecular weight is 498 g/mol. The van der Waals surface area contributed by atoms with Gasteiger partial charge in [0.1, 0.15) is 0 Å². The van der Waals surface area contributed by atoms with E-state index in [4.69, 9.17) is 4.74 Å². The SMILES string of the molecule is O=C(COC(=O)N1CCC(N2CCc3ccccc3NC2=O)CC1)N1CCN(C2CCCCC2)CC1. The third kappa shape index (κ3) is 5.77. The molecule has 0 radical (unpaired) electrons. The van der Waals surface area contributed by atoms with Crippen LogP contribution in [-0.4, -0.2) is 102 Å². The Kier molecular flexibility index (Phi) is 7.94. The number of fused-ring (bicyclic) bond motifs is 1. The highest BCUT2D eigenvalue weighted by Crippen LogP contribution is 2.25. The smallest absolute Gasteiger partial charge is 0.410 e. The molecule has 3 fully saturated rings. The van der Waals surface area contributed by atoms with Gasteiger partial charge in [-0.1, -0.05) is 37.5 Å². The van der Waals surface area contributed by atoms with Crippen LogP contribution >= 0.6 is 0 Å². The van der Waals surface area contributed by atoms with Gasteiger partial charge < -0.3 is 24.8 Å². The van der Waals surface area contributed by atoms with E-state index in [1.807, 2.05) is 28.0 Å². The molecule has 0 spiro atoms. The van der Waals surface area contributed by atoms with E-state index in [2.05, 4.69) is 16.3 Å². The van der Waals surface area contributed by atoms with Crippen LogP contribution in [0.25, 0.3) is 0 Å².